The summed E-state index contributed by atoms with van der Waals surface area (Å²) in [5.74, 6) is -0.387. The van der Waals surface area contributed by atoms with Crippen molar-refractivity contribution in [1.29, 1.82) is 0 Å². The lowest BCUT2D eigenvalue weighted by Crippen LogP contribution is -2.15. The van der Waals surface area contributed by atoms with Gasteiger partial charge in [-0.25, -0.2) is 0 Å². The summed E-state index contributed by atoms with van der Waals surface area (Å²) in [6.07, 6.45) is 17.5. The van der Waals surface area contributed by atoms with E-state index < -0.39 is 0 Å². The number of rotatable bonds is 48. The van der Waals surface area contributed by atoms with Crippen LogP contribution in [0.15, 0.2) is 0 Å². The Hall–Kier alpha value is -1.46. The summed E-state index contributed by atoms with van der Waals surface area (Å²) >= 11 is 0. The van der Waals surface area contributed by atoms with Gasteiger partial charge in [0, 0.05) is 6.42 Å². The molecule has 0 aromatic heterocycles. The second-order valence-corrected chi connectivity index (χ2v) is 12.9. The predicted molar refractivity (Wildman–Crippen MR) is 211 cm³/mol. The maximum atomic E-state index is 11.9. The molecule has 0 saturated heterocycles. The van der Waals surface area contributed by atoms with Gasteiger partial charge in [-0.1, -0.05) is 84.0 Å². The monoisotopic (exact) mass is 797 g/mol. The van der Waals surface area contributed by atoms with Gasteiger partial charge in [0.1, 0.15) is 6.61 Å². The van der Waals surface area contributed by atoms with Crippen molar-refractivity contribution in [2.24, 2.45) is 0 Å². The molecular weight excluding hydrogens is 716 g/mol. The molecule has 14 nitrogen and oxygen atoms in total. The number of carbonyl (C=O) groups excluding carboxylic acids is 2. The first-order valence-electron chi connectivity index (χ1n) is 21.3. The standard InChI is InChI=1S/C41H80O14/c1-3-5-6-7-8-9-10-11-12-13-14-15-16-17-40(42)55-39-38-53-37-36-52-35-34-51-33-32-50-31-30-49-29-28-48-27-26-47-25-24-46-23-22-45-21-20-44-19-18-41(43)54-4-2/h3-39H2,1-2H3. The Morgan fingerprint density at radius 2 is 0.527 bits per heavy atom. The van der Waals surface area contributed by atoms with E-state index in [1.54, 1.807) is 6.92 Å². The Kier molecular flexibility index (Phi) is 47.4. The van der Waals surface area contributed by atoms with Gasteiger partial charge in [0.2, 0.25) is 0 Å². The summed E-state index contributed by atoms with van der Waals surface area (Å²) in [6, 6.07) is 0. The molecular formula is C41H80O14. The van der Waals surface area contributed by atoms with Gasteiger partial charge in [0.05, 0.1) is 145 Å². The molecule has 0 aliphatic carbocycles. The largest absolute Gasteiger partial charge is 0.466 e. The minimum Gasteiger partial charge on any atom is -0.466 e. The van der Waals surface area contributed by atoms with Crippen molar-refractivity contribution in [2.75, 3.05) is 145 Å². The van der Waals surface area contributed by atoms with Gasteiger partial charge in [-0.15, -0.1) is 0 Å². The van der Waals surface area contributed by atoms with E-state index in [1.807, 2.05) is 0 Å². The fourth-order valence-corrected chi connectivity index (χ4v) is 5.04. The first kappa shape index (κ1) is 53.5. The number of hydrogen-bond donors (Lipinski definition) is 0. The predicted octanol–water partition coefficient (Wildman–Crippen LogP) is 6.13. The Morgan fingerprint density at radius 1 is 0.273 bits per heavy atom. The number of ether oxygens (including phenoxy) is 12. The van der Waals surface area contributed by atoms with Crippen LogP contribution in [0.2, 0.25) is 0 Å². The Labute approximate surface area is 333 Å². The summed E-state index contributed by atoms with van der Waals surface area (Å²) in [5, 5.41) is 0. The van der Waals surface area contributed by atoms with Crippen LogP contribution in [0.1, 0.15) is 110 Å². The second kappa shape index (κ2) is 48.7. The minimum absolute atomic E-state index is 0.135. The summed E-state index contributed by atoms with van der Waals surface area (Å²) < 4.78 is 64.6. The van der Waals surface area contributed by atoms with Gasteiger partial charge >= 0.3 is 11.9 Å². The second-order valence-electron chi connectivity index (χ2n) is 12.9. The third kappa shape index (κ3) is 48.6. The third-order valence-corrected chi connectivity index (χ3v) is 8.08. The molecule has 0 aliphatic rings. The zero-order valence-corrected chi connectivity index (χ0v) is 34.9. The van der Waals surface area contributed by atoms with Crippen molar-refractivity contribution >= 4 is 11.9 Å². The summed E-state index contributed by atoms with van der Waals surface area (Å²) in [5.41, 5.74) is 0. The highest BCUT2D eigenvalue weighted by atomic mass is 16.6. The van der Waals surface area contributed by atoms with Crippen molar-refractivity contribution in [2.45, 2.75) is 110 Å². The molecule has 0 spiro atoms. The first-order chi connectivity index (χ1) is 27.2. The van der Waals surface area contributed by atoms with Gasteiger partial charge in [-0.05, 0) is 13.3 Å². The maximum Gasteiger partial charge on any atom is 0.308 e. The molecule has 0 radical (unpaired) electrons. The smallest absolute Gasteiger partial charge is 0.308 e. The fraction of sp³-hybridized carbons (Fsp3) is 0.951. The van der Waals surface area contributed by atoms with Crippen molar-refractivity contribution in [3.8, 4) is 0 Å². The van der Waals surface area contributed by atoms with Crippen LogP contribution in [-0.4, -0.2) is 157 Å². The normalized spacial score (nSPS) is 11.4. The molecule has 55 heavy (non-hydrogen) atoms. The summed E-state index contributed by atoms with van der Waals surface area (Å²) in [6.45, 7) is 14.0. The zero-order chi connectivity index (χ0) is 39.8. The van der Waals surface area contributed by atoms with E-state index in [-0.39, 0.29) is 25.0 Å². The Morgan fingerprint density at radius 3 is 0.836 bits per heavy atom. The summed E-state index contributed by atoms with van der Waals surface area (Å²) in [4.78, 5) is 23.0. The molecule has 14 heteroatoms. The van der Waals surface area contributed by atoms with Crippen LogP contribution >= 0.6 is 0 Å². The van der Waals surface area contributed by atoms with E-state index in [9.17, 15) is 9.59 Å². The van der Waals surface area contributed by atoms with Crippen LogP contribution in [0.3, 0.4) is 0 Å². The van der Waals surface area contributed by atoms with Crippen molar-refractivity contribution in [1.82, 2.24) is 0 Å². The van der Waals surface area contributed by atoms with Crippen LogP contribution < -0.4 is 0 Å². The molecule has 0 unspecified atom stereocenters. The van der Waals surface area contributed by atoms with Crippen LogP contribution in [0, 0.1) is 0 Å². The highest BCUT2D eigenvalue weighted by molar-refractivity contribution is 5.69. The number of unbranched alkanes of at least 4 members (excludes halogenated alkanes) is 12. The van der Waals surface area contributed by atoms with E-state index in [4.69, 9.17) is 56.8 Å². The number of carbonyl (C=O) groups is 2. The van der Waals surface area contributed by atoms with Gasteiger partial charge in [0.15, 0.2) is 0 Å². The lowest BCUT2D eigenvalue weighted by Gasteiger charge is -2.09. The van der Waals surface area contributed by atoms with E-state index in [2.05, 4.69) is 6.92 Å². The van der Waals surface area contributed by atoms with Crippen molar-refractivity contribution in [3.63, 3.8) is 0 Å². The van der Waals surface area contributed by atoms with Gasteiger partial charge < -0.3 is 56.8 Å². The molecule has 0 aromatic rings. The Bertz CT molecular complexity index is 761. The highest BCUT2D eigenvalue weighted by Gasteiger charge is 2.04. The molecule has 0 amide bonds. The molecule has 0 rings (SSSR count). The molecule has 0 fully saturated rings. The minimum atomic E-state index is -0.252. The van der Waals surface area contributed by atoms with Crippen LogP contribution in [0.5, 0.6) is 0 Å². The van der Waals surface area contributed by atoms with Crippen LogP contribution in [0.25, 0.3) is 0 Å². The molecule has 328 valence electrons. The van der Waals surface area contributed by atoms with Gasteiger partial charge in [-0.3, -0.25) is 9.59 Å². The molecule has 0 saturated carbocycles. The third-order valence-electron chi connectivity index (χ3n) is 8.08. The van der Waals surface area contributed by atoms with Crippen molar-refractivity contribution < 1.29 is 66.4 Å². The molecule has 0 N–H and O–H groups in total. The van der Waals surface area contributed by atoms with E-state index >= 15 is 0 Å². The molecule has 0 atom stereocenters. The first-order valence-corrected chi connectivity index (χ1v) is 21.3. The maximum absolute atomic E-state index is 11.9. The van der Waals surface area contributed by atoms with Crippen molar-refractivity contribution in [3.05, 3.63) is 0 Å². The SMILES string of the molecule is CCCCCCCCCCCCCCCC(=O)OCCOCCOCCOCCOCCOCCOCCOCCOCCOCCOCCC(=O)OCC. The van der Waals surface area contributed by atoms with Gasteiger partial charge in [-0.2, -0.15) is 0 Å². The average Bonchev–Trinajstić information content (AvgIpc) is 3.18. The topological polar surface area (TPSA) is 145 Å². The number of esters is 2. The lowest BCUT2D eigenvalue weighted by molar-refractivity contribution is -0.146. The van der Waals surface area contributed by atoms with E-state index in [1.165, 1.54) is 70.6 Å². The molecule has 0 aromatic carbocycles. The zero-order valence-electron chi connectivity index (χ0n) is 34.9. The fourth-order valence-electron chi connectivity index (χ4n) is 5.04. The number of hydrogen-bond acceptors (Lipinski definition) is 14. The highest BCUT2D eigenvalue weighted by Crippen LogP contribution is 2.13. The Balaban J connectivity index is 3.13. The molecule has 0 aliphatic heterocycles. The lowest BCUT2D eigenvalue weighted by atomic mass is 10.0. The van der Waals surface area contributed by atoms with E-state index in [0.29, 0.717) is 145 Å². The molecule has 0 bridgehead atoms. The van der Waals surface area contributed by atoms with Crippen LogP contribution in [0.4, 0.5) is 0 Å². The summed E-state index contributed by atoms with van der Waals surface area (Å²) in [7, 11) is 0. The quantitative estimate of drug-likeness (QED) is 0.0514. The van der Waals surface area contributed by atoms with E-state index in [0.717, 1.165) is 12.8 Å². The van der Waals surface area contributed by atoms with Gasteiger partial charge in [0.25, 0.3) is 0 Å². The molecule has 0 heterocycles. The van der Waals surface area contributed by atoms with Crippen LogP contribution in [-0.2, 0) is 66.4 Å². The average molecular weight is 797 g/mol.